The molecule has 0 amide bonds. The SMILES string of the molecule is CNS(=O)(=O)c1cc(N2CCC[C@H]2C)cc(Cl)n1. The quantitative estimate of drug-likeness (QED) is 0.859. The predicted molar refractivity (Wildman–Crippen MR) is 71.5 cm³/mol. The summed E-state index contributed by atoms with van der Waals surface area (Å²) in [5, 5.41) is 0.159. The number of sulfonamides is 1. The third-order valence-corrected chi connectivity index (χ3v) is 4.67. The molecule has 1 aliphatic heterocycles. The summed E-state index contributed by atoms with van der Waals surface area (Å²) in [5.74, 6) is 0. The maximum atomic E-state index is 11.8. The van der Waals surface area contributed by atoms with Gasteiger partial charge in [-0.15, -0.1) is 0 Å². The van der Waals surface area contributed by atoms with E-state index in [0.29, 0.717) is 6.04 Å². The lowest BCUT2D eigenvalue weighted by Crippen LogP contribution is -2.27. The summed E-state index contributed by atoms with van der Waals surface area (Å²) in [5.41, 5.74) is 0.814. The molecule has 0 radical (unpaired) electrons. The van der Waals surface area contributed by atoms with Gasteiger partial charge in [0.15, 0.2) is 5.03 Å². The number of hydrogen-bond acceptors (Lipinski definition) is 4. The molecule has 0 saturated carbocycles. The lowest BCUT2D eigenvalue weighted by molar-refractivity contribution is 0.584. The van der Waals surface area contributed by atoms with Crippen molar-refractivity contribution in [1.82, 2.24) is 9.71 Å². The van der Waals surface area contributed by atoms with Crippen LogP contribution in [0.3, 0.4) is 0 Å². The van der Waals surface area contributed by atoms with Gasteiger partial charge in [-0.25, -0.2) is 18.1 Å². The summed E-state index contributed by atoms with van der Waals surface area (Å²) in [4.78, 5) is 6.02. The molecule has 1 aromatic rings. The molecule has 0 aliphatic carbocycles. The molecular weight excluding hydrogens is 274 g/mol. The molecule has 18 heavy (non-hydrogen) atoms. The Morgan fingerprint density at radius 2 is 2.22 bits per heavy atom. The van der Waals surface area contributed by atoms with E-state index in [4.69, 9.17) is 11.6 Å². The number of aromatic nitrogens is 1. The first-order valence-electron chi connectivity index (χ1n) is 5.82. The molecule has 1 aromatic heterocycles. The monoisotopic (exact) mass is 289 g/mol. The van der Waals surface area contributed by atoms with Crippen molar-refractivity contribution in [2.45, 2.75) is 30.8 Å². The van der Waals surface area contributed by atoms with Crippen LogP contribution in [0.1, 0.15) is 19.8 Å². The highest BCUT2D eigenvalue weighted by atomic mass is 35.5. The Kier molecular flexibility index (Phi) is 3.79. The van der Waals surface area contributed by atoms with Crippen LogP contribution in [0, 0.1) is 0 Å². The third-order valence-electron chi connectivity index (χ3n) is 3.18. The van der Waals surface area contributed by atoms with E-state index in [0.717, 1.165) is 25.1 Å². The zero-order valence-corrected chi connectivity index (χ0v) is 11.9. The molecule has 2 heterocycles. The summed E-state index contributed by atoms with van der Waals surface area (Å²) in [6, 6.07) is 3.67. The summed E-state index contributed by atoms with van der Waals surface area (Å²) in [6.07, 6.45) is 2.21. The van der Waals surface area contributed by atoms with Crippen LogP contribution in [-0.4, -0.2) is 33.0 Å². The molecular formula is C11H16ClN3O2S. The predicted octanol–water partition coefficient (Wildman–Crippen LogP) is 1.63. The van der Waals surface area contributed by atoms with Crippen molar-refractivity contribution < 1.29 is 8.42 Å². The molecule has 1 saturated heterocycles. The van der Waals surface area contributed by atoms with Gasteiger partial charge in [-0.3, -0.25) is 0 Å². The Balaban J connectivity index is 2.44. The van der Waals surface area contributed by atoms with E-state index in [1.54, 1.807) is 12.1 Å². The standard InChI is InChI=1S/C11H16ClN3O2S/c1-8-4-3-5-15(8)9-6-10(12)14-11(7-9)18(16,17)13-2/h6-8,13H,3-5H2,1-2H3/t8-/m1/s1. The second-order valence-corrected chi connectivity index (χ2v) is 6.60. The molecule has 7 heteroatoms. The normalized spacial score (nSPS) is 20.4. The summed E-state index contributed by atoms with van der Waals surface area (Å²) < 4.78 is 25.7. The fraction of sp³-hybridized carbons (Fsp3) is 0.545. The van der Waals surface area contributed by atoms with Crippen molar-refractivity contribution in [2.75, 3.05) is 18.5 Å². The van der Waals surface area contributed by atoms with E-state index in [2.05, 4.69) is 21.5 Å². The Bertz CT molecular complexity index is 547. The van der Waals surface area contributed by atoms with Crippen LogP contribution in [0.2, 0.25) is 5.15 Å². The Labute approximate surface area is 112 Å². The first-order chi connectivity index (χ1) is 8.44. The number of anilines is 1. The fourth-order valence-corrected chi connectivity index (χ4v) is 3.14. The van der Waals surface area contributed by atoms with Gasteiger partial charge in [0.25, 0.3) is 10.0 Å². The largest absolute Gasteiger partial charge is 0.369 e. The molecule has 100 valence electrons. The molecule has 5 nitrogen and oxygen atoms in total. The third kappa shape index (κ3) is 2.60. The van der Waals surface area contributed by atoms with Crippen molar-refractivity contribution in [3.63, 3.8) is 0 Å². The average molecular weight is 290 g/mol. The van der Waals surface area contributed by atoms with Crippen LogP contribution < -0.4 is 9.62 Å². The van der Waals surface area contributed by atoms with E-state index in [-0.39, 0.29) is 10.2 Å². The zero-order chi connectivity index (χ0) is 13.3. The highest BCUT2D eigenvalue weighted by Gasteiger charge is 2.23. The van der Waals surface area contributed by atoms with Crippen molar-refractivity contribution >= 4 is 27.3 Å². The molecule has 0 unspecified atom stereocenters. The molecule has 0 bridgehead atoms. The Morgan fingerprint density at radius 3 is 2.78 bits per heavy atom. The minimum absolute atomic E-state index is 0.0356. The van der Waals surface area contributed by atoms with Gasteiger partial charge < -0.3 is 4.90 Å². The fourth-order valence-electron chi connectivity index (χ4n) is 2.18. The van der Waals surface area contributed by atoms with Gasteiger partial charge in [0, 0.05) is 24.3 Å². The van der Waals surface area contributed by atoms with Crippen LogP contribution in [0.5, 0.6) is 0 Å². The van der Waals surface area contributed by atoms with Crippen molar-refractivity contribution in [3.05, 3.63) is 17.3 Å². The Hall–Kier alpha value is -0.850. The average Bonchev–Trinajstić information content (AvgIpc) is 2.74. The van der Waals surface area contributed by atoms with Gasteiger partial charge in [-0.1, -0.05) is 11.6 Å². The number of hydrogen-bond donors (Lipinski definition) is 1. The van der Waals surface area contributed by atoms with Crippen molar-refractivity contribution in [3.8, 4) is 0 Å². The van der Waals surface area contributed by atoms with Crippen LogP contribution >= 0.6 is 11.6 Å². The molecule has 2 rings (SSSR count). The van der Waals surface area contributed by atoms with Crippen LogP contribution in [0.4, 0.5) is 5.69 Å². The first-order valence-corrected chi connectivity index (χ1v) is 7.68. The van der Waals surface area contributed by atoms with Crippen molar-refractivity contribution in [1.29, 1.82) is 0 Å². The van der Waals surface area contributed by atoms with Crippen LogP contribution in [-0.2, 0) is 10.0 Å². The maximum Gasteiger partial charge on any atom is 0.257 e. The molecule has 0 aromatic carbocycles. The summed E-state index contributed by atoms with van der Waals surface area (Å²) in [7, 11) is -2.21. The zero-order valence-electron chi connectivity index (χ0n) is 10.4. The minimum atomic E-state index is -3.56. The van der Waals surface area contributed by atoms with E-state index in [1.807, 2.05) is 0 Å². The molecule has 1 atom stereocenters. The molecule has 1 N–H and O–H groups in total. The molecule has 1 fully saturated rings. The van der Waals surface area contributed by atoms with Gasteiger partial charge in [-0.05, 0) is 32.9 Å². The van der Waals surface area contributed by atoms with Gasteiger partial charge in [0.2, 0.25) is 0 Å². The van der Waals surface area contributed by atoms with E-state index >= 15 is 0 Å². The smallest absolute Gasteiger partial charge is 0.257 e. The lowest BCUT2D eigenvalue weighted by atomic mass is 10.2. The van der Waals surface area contributed by atoms with Crippen molar-refractivity contribution in [2.24, 2.45) is 0 Å². The van der Waals surface area contributed by atoms with Gasteiger partial charge in [0.05, 0.1) is 0 Å². The van der Waals surface area contributed by atoms with Gasteiger partial charge >= 0.3 is 0 Å². The summed E-state index contributed by atoms with van der Waals surface area (Å²) >= 11 is 5.91. The van der Waals surface area contributed by atoms with Crippen LogP contribution in [0.25, 0.3) is 0 Å². The summed E-state index contributed by atoms with van der Waals surface area (Å²) in [6.45, 7) is 3.04. The second-order valence-electron chi connectivity index (χ2n) is 4.38. The lowest BCUT2D eigenvalue weighted by Gasteiger charge is -2.24. The minimum Gasteiger partial charge on any atom is -0.369 e. The van der Waals surface area contributed by atoms with E-state index in [1.165, 1.54) is 7.05 Å². The van der Waals surface area contributed by atoms with E-state index < -0.39 is 10.0 Å². The maximum absolute atomic E-state index is 11.8. The topological polar surface area (TPSA) is 62.3 Å². The highest BCUT2D eigenvalue weighted by molar-refractivity contribution is 7.89. The first kappa shape index (κ1) is 13.6. The number of nitrogens with zero attached hydrogens (tertiary/aromatic N) is 2. The number of nitrogens with one attached hydrogen (secondary N) is 1. The molecule has 1 aliphatic rings. The van der Waals surface area contributed by atoms with Gasteiger partial charge in [-0.2, -0.15) is 0 Å². The molecule has 0 spiro atoms. The highest BCUT2D eigenvalue weighted by Crippen LogP contribution is 2.28. The van der Waals surface area contributed by atoms with Crippen LogP contribution in [0.15, 0.2) is 17.2 Å². The number of rotatable bonds is 3. The number of pyridine rings is 1. The second kappa shape index (κ2) is 5.03. The number of halogens is 1. The van der Waals surface area contributed by atoms with Gasteiger partial charge in [0.1, 0.15) is 5.15 Å². The van der Waals surface area contributed by atoms with E-state index in [9.17, 15) is 8.42 Å². The Morgan fingerprint density at radius 1 is 1.50 bits per heavy atom.